The number of hydrogen-bond donors (Lipinski definition) is 3. The van der Waals surface area contributed by atoms with Crippen LogP contribution in [-0.4, -0.2) is 35.1 Å². The molecule has 1 heterocycles. The average molecular weight is 257 g/mol. The molecule has 1 aromatic heterocycles. The van der Waals surface area contributed by atoms with Crippen LogP contribution in [0.15, 0.2) is 6.20 Å². The van der Waals surface area contributed by atoms with E-state index in [0.29, 0.717) is 24.6 Å². The average Bonchev–Trinajstić information content (AvgIpc) is 2.75. The quantitative estimate of drug-likeness (QED) is 0.682. The van der Waals surface area contributed by atoms with E-state index in [1.54, 1.807) is 0 Å². The molecule has 17 heavy (non-hydrogen) atoms. The third kappa shape index (κ3) is 4.81. The van der Waals surface area contributed by atoms with E-state index in [2.05, 4.69) is 15.6 Å². The number of aromatic nitrogens is 1. The van der Waals surface area contributed by atoms with Crippen molar-refractivity contribution >= 4 is 28.3 Å². The molecule has 3 N–H and O–H groups in total. The number of amides is 1. The van der Waals surface area contributed by atoms with E-state index in [0.717, 1.165) is 17.8 Å². The maximum atomic E-state index is 11.2. The zero-order chi connectivity index (χ0) is 12.7. The third-order valence-electron chi connectivity index (χ3n) is 1.92. The van der Waals surface area contributed by atoms with Crippen LogP contribution in [0.4, 0.5) is 5.13 Å². The number of hydrogen-bond acceptors (Lipinski definition) is 5. The molecule has 0 unspecified atom stereocenters. The number of carbonyl (C=O) groups is 2. The van der Waals surface area contributed by atoms with E-state index in [-0.39, 0.29) is 10.8 Å². The van der Waals surface area contributed by atoms with Gasteiger partial charge < -0.3 is 15.7 Å². The first kappa shape index (κ1) is 13.4. The first-order valence-electron chi connectivity index (χ1n) is 5.33. The van der Waals surface area contributed by atoms with E-state index in [9.17, 15) is 9.59 Å². The van der Waals surface area contributed by atoms with Crippen LogP contribution in [0, 0.1) is 0 Å². The minimum absolute atomic E-state index is 0.0191. The number of nitrogens with one attached hydrogen (secondary N) is 2. The summed E-state index contributed by atoms with van der Waals surface area (Å²) in [6.45, 7) is 3.11. The molecule has 0 fully saturated rings. The van der Waals surface area contributed by atoms with Gasteiger partial charge in [-0.05, 0) is 6.42 Å². The van der Waals surface area contributed by atoms with Gasteiger partial charge in [-0.1, -0.05) is 18.3 Å². The van der Waals surface area contributed by atoms with Crippen molar-refractivity contribution in [2.45, 2.75) is 19.8 Å². The molecule has 0 radical (unpaired) electrons. The minimum atomic E-state index is -0.990. The highest BCUT2D eigenvalue weighted by atomic mass is 32.1. The van der Waals surface area contributed by atoms with Crippen molar-refractivity contribution in [2.24, 2.45) is 0 Å². The second-order valence-electron chi connectivity index (χ2n) is 3.36. The maximum Gasteiger partial charge on any atom is 0.347 e. The monoisotopic (exact) mass is 257 g/mol. The lowest BCUT2D eigenvalue weighted by molar-refractivity contribution is -0.120. The first-order chi connectivity index (χ1) is 8.13. The Bertz CT molecular complexity index is 392. The highest BCUT2D eigenvalue weighted by Crippen LogP contribution is 2.17. The van der Waals surface area contributed by atoms with Crippen LogP contribution in [0.25, 0.3) is 0 Å². The molecule has 0 bridgehead atoms. The van der Waals surface area contributed by atoms with Gasteiger partial charge in [-0.25, -0.2) is 9.78 Å². The molecule has 0 aliphatic heterocycles. The predicted octanol–water partition coefficient (Wildman–Crippen LogP) is 1.17. The highest BCUT2D eigenvalue weighted by molar-refractivity contribution is 7.17. The number of rotatable bonds is 7. The third-order valence-corrected chi connectivity index (χ3v) is 2.86. The lowest BCUT2D eigenvalue weighted by Crippen LogP contribution is -2.25. The second kappa shape index (κ2) is 6.85. The second-order valence-corrected chi connectivity index (χ2v) is 4.39. The fourth-order valence-corrected chi connectivity index (χ4v) is 1.77. The SMILES string of the molecule is CCCNC(=O)CCNc1ncc(C(=O)O)s1. The van der Waals surface area contributed by atoms with Crippen molar-refractivity contribution in [3.63, 3.8) is 0 Å². The molecule has 0 saturated heterocycles. The van der Waals surface area contributed by atoms with Gasteiger partial charge in [0.2, 0.25) is 5.91 Å². The number of anilines is 1. The van der Waals surface area contributed by atoms with Gasteiger partial charge in [0.25, 0.3) is 0 Å². The maximum absolute atomic E-state index is 11.2. The van der Waals surface area contributed by atoms with Gasteiger partial charge in [-0.3, -0.25) is 4.79 Å². The highest BCUT2D eigenvalue weighted by Gasteiger charge is 2.08. The molecule has 0 aromatic carbocycles. The normalized spacial score (nSPS) is 9.94. The summed E-state index contributed by atoms with van der Waals surface area (Å²) in [6.07, 6.45) is 2.56. The number of nitrogens with zero attached hydrogens (tertiary/aromatic N) is 1. The molecule has 6 nitrogen and oxygen atoms in total. The van der Waals surface area contributed by atoms with E-state index in [4.69, 9.17) is 5.11 Å². The molecule has 0 atom stereocenters. The standard InChI is InChI=1S/C10H15N3O3S/c1-2-4-11-8(14)3-5-12-10-13-6-7(17-10)9(15)16/h6H,2-5H2,1H3,(H,11,14)(H,12,13)(H,15,16). The topological polar surface area (TPSA) is 91.3 Å². The number of aromatic carboxylic acids is 1. The summed E-state index contributed by atoms with van der Waals surface area (Å²) in [5, 5.41) is 14.9. The van der Waals surface area contributed by atoms with Crippen molar-refractivity contribution in [1.29, 1.82) is 0 Å². The van der Waals surface area contributed by atoms with Crippen LogP contribution in [0.5, 0.6) is 0 Å². The number of thiazole rings is 1. The van der Waals surface area contributed by atoms with Gasteiger partial charge in [0.15, 0.2) is 5.13 Å². The fraction of sp³-hybridized carbons (Fsp3) is 0.500. The lowest BCUT2D eigenvalue weighted by Gasteiger charge is -2.03. The van der Waals surface area contributed by atoms with Crippen molar-refractivity contribution in [1.82, 2.24) is 10.3 Å². The summed E-state index contributed by atoms with van der Waals surface area (Å²) in [5.41, 5.74) is 0. The predicted molar refractivity (Wildman–Crippen MR) is 65.5 cm³/mol. The molecule has 1 rings (SSSR count). The Balaban J connectivity index is 2.26. The Morgan fingerprint density at radius 1 is 1.47 bits per heavy atom. The number of carbonyl (C=O) groups excluding carboxylic acids is 1. The Labute approximate surface area is 103 Å². The molecule has 0 saturated carbocycles. The zero-order valence-electron chi connectivity index (χ0n) is 9.52. The van der Waals surface area contributed by atoms with E-state index in [1.807, 2.05) is 6.92 Å². The van der Waals surface area contributed by atoms with E-state index < -0.39 is 5.97 Å². The molecule has 94 valence electrons. The van der Waals surface area contributed by atoms with Crippen LogP contribution in [0.1, 0.15) is 29.4 Å². The van der Waals surface area contributed by atoms with Gasteiger partial charge in [-0.15, -0.1) is 0 Å². The zero-order valence-corrected chi connectivity index (χ0v) is 10.3. The van der Waals surface area contributed by atoms with Gasteiger partial charge in [-0.2, -0.15) is 0 Å². The Morgan fingerprint density at radius 3 is 2.82 bits per heavy atom. The van der Waals surface area contributed by atoms with Crippen LogP contribution in [0.3, 0.4) is 0 Å². The summed E-state index contributed by atoms with van der Waals surface area (Å²) < 4.78 is 0. The van der Waals surface area contributed by atoms with Crippen LogP contribution >= 0.6 is 11.3 Å². The van der Waals surface area contributed by atoms with Crippen LogP contribution in [0.2, 0.25) is 0 Å². The van der Waals surface area contributed by atoms with Gasteiger partial charge >= 0.3 is 5.97 Å². The Kier molecular flexibility index (Phi) is 5.41. The van der Waals surface area contributed by atoms with E-state index >= 15 is 0 Å². The Hall–Kier alpha value is -1.63. The summed E-state index contributed by atoms with van der Waals surface area (Å²) in [7, 11) is 0. The van der Waals surface area contributed by atoms with E-state index in [1.165, 1.54) is 6.20 Å². The van der Waals surface area contributed by atoms with Crippen LogP contribution < -0.4 is 10.6 Å². The number of carboxylic acids is 1. The van der Waals surface area contributed by atoms with Gasteiger partial charge in [0.05, 0.1) is 6.20 Å². The molecule has 0 aliphatic carbocycles. The van der Waals surface area contributed by atoms with Crippen molar-refractivity contribution in [3.05, 3.63) is 11.1 Å². The first-order valence-corrected chi connectivity index (χ1v) is 6.14. The molecule has 0 aliphatic rings. The lowest BCUT2D eigenvalue weighted by atomic mass is 10.4. The molecule has 0 spiro atoms. The molecule has 7 heteroatoms. The van der Waals surface area contributed by atoms with Gasteiger partial charge in [0.1, 0.15) is 4.88 Å². The molecular weight excluding hydrogens is 242 g/mol. The number of carboxylic acid groups (broad SMARTS) is 1. The fourth-order valence-electron chi connectivity index (χ4n) is 1.09. The van der Waals surface area contributed by atoms with Crippen molar-refractivity contribution in [2.75, 3.05) is 18.4 Å². The Morgan fingerprint density at radius 2 is 2.24 bits per heavy atom. The smallest absolute Gasteiger partial charge is 0.347 e. The largest absolute Gasteiger partial charge is 0.477 e. The summed E-state index contributed by atoms with van der Waals surface area (Å²) in [4.78, 5) is 25.9. The minimum Gasteiger partial charge on any atom is -0.477 e. The molecular formula is C10H15N3O3S. The summed E-state index contributed by atoms with van der Waals surface area (Å²) >= 11 is 1.06. The van der Waals surface area contributed by atoms with Crippen molar-refractivity contribution in [3.8, 4) is 0 Å². The van der Waals surface area contributed by atoms with Crippen molar-refractivity contribution < 1.29 is 14.7 Å². The molecule has 1 amide bonds. The van der Waals surface area contributed by atoms with Gasteiger partial charge in [0, 0.05) is 19.5 Å². The van der Waals surface area contributed by atoms with Crippen LogP contribution in [-0.2, 0) is 4.79 Å². The summed E-state index contributed by atoms with van der Waals surface area (Å²) in [5.74, 6) is -1.01. The molecule has 1 aromatic rings. The summed E-state index contributed by atoms with van der Waals surface area (Å²) in [6, 6.07) is 0.